The minimum Gasteiger partial charge on any atom is -0.345 e. The van der Waals surface area contributed by atoms with Gasteiger partial charge in [-0.1, -0.05) is 189 Å². The Hall–Kier alpha value is -9.38. The van der Waals surface area contributed by atoms with Crippen molar-refractivity contribution >= 4 is 67.6 Å². The minimum absolute atomic E-state index is 0.0121. The number of hydrogen-bond donors (Lipinski definition) is 0. The lowest BCUT2D eigenvalue weighted by molar-refractivity contribution is 0.517. The predicted octanol–water partition coefficient (Wildman–Crippen LogP) is 19.4. The number of nitrogens with zero attached hydrogens (tertiary/aromatic N) is 4. The van der Waals surface area contributed by atoms with Gasteiger partial charge < -0.3 is 19.6 Å². The summed E-state index contributed by atoms with van der Waals surface area (Å²) in [5.41, 5.74) is 16.4. The molecule has 0 spiro atoms. The van der Waals surface area contributed by atoms with Gasteiger partial charge in [-0.25, -0.2) is 0 Å². The second-order valence-electron chi connectivity index (χ2n) is 18.9. The third-order valence-corrected chi connectivity index (χ3v) is 14.1. The minimum atomic E-state index is -0.0121. The van der Waals surface area contributed by atoms with Crippen molar-refractivity contribution in [2.24, 2.45) is 5.41 Å². The fourth-order valence-corrected chi connectivity index (χ4v) is 10.2. The van der Waals surface area contributed by atoms with E-state index < -0.39 is 0 Å². The van der Waals surface area contributed by atoms with Crippen LogP contribution < -0.4 is 19.6 Å². The van der Waals surface area contributed by atoms with Gasteiger partial charge in [-0.2, -0.15) is 0 Å². The molecule has 0 radical (unpaired) electrons. The van der Waals surface area contributed by atoms with Gasteiger partial charge in [0.05, 0.1) is 11.4 Å². The van der Waals surface area contributed by atoms with E-state index in [1.165, 1.54) is 44.5 Å². The largest absolute Gasteiger partial charge is 0.345 e. The summed E-state index contributed by atoms with van der Waals surface area (Å²) in [7, 11) is 2.10. The molecule has 12 rings (SSSR count). The lowest BCUT2D eigenvalue weighted by Gasteiger charge is -2.39. The molecule has 2 aliphatic rings. The maximum atomic E-state index is 2.39. The third-order valence-electron chi connectivity index (χ3n) is 14.1. The molecule has 1 atom stereocenters. The van der Waals surface area contributed by atoms with Gasteiger partial charge >= 0.3 is 0 Å². The van der Waals surface area contributed by atoms with Gasteiger partial charge in [-0.3, -0.25) is 0 Å². The number of fused-ring (bicyclic) bond motifs is 2. The van der Waals surface area contributed by atoms with E-state index >= 15 is 0 Å². The van der Waals surface area contributed by atoms with Gasteiger partial charge in [-0.15, -0.1) is 0 Å². The van der Waals surface area contributed by atoms with Gasteiger partial charge in [-0.05, 0) is 150 Å². The zero-order valence-electron chi connectivity index (χ0n) is 41.9. The molecule has 1 unspecified atom stereocenters. The van der Waals surface area contributed by atoms with Crippen LogP contribution in [0.25, 0.3) is 21.9 Å². The number of anilines is 10. The fraction of sp³-hybridized carbons (Fsp3) is 0.0571. The molecule has 10 aromatic rings. The fourth-order valence-electron chi connectivity index (χ4n) is 10.2. The standard InChI is InChI=1S/C41H34N2.C29H24N2/c1-41-30-12-11-20-39(41)40(21-13-31-41)43(35-18-9-4-10-19-35)38-28-26-37(27-29-38)42(34-16-7-3-8-17-34)36-24-22-33(23-25-36)32-14-5-2-6-15-32;1-30(24-13-4-2-5-14-24)25-19-21-27(22-20-25)31(26-15-6-3-7-16-26)29-18-10-12-23-11-8-9-17-28(23)29/h2-29,31H,30H2,1H3;2-22H,1H3. The Kier molecular flexibility index (Phi) is 13.7. The Bertz CT molecular complexity index is 3570. The summed E-state index contributed by atoms with van der Waals surface area (Å²) in [6.45, 7) is 2.33. The first-order chi connectivity index (χ1) is 36.5. The van der Waals surface area contributed by atoms with E-state index in [0.717, 1.165) is 51.9 Å². The van der Waals surface area contributed by atoms with Gasteiger partial charge in [0, 0.05) is 69.0 Å². The second-order valence-corrected chi connectivity index (χ2v) is 18.9. The van der Waals surface area contributed by atoms with Crippen LogP contribution in [0.15, 0.2) is 315 Å². The molecule has 74 heavy (non-hydrogen) atoms. The topological polar surface area (TPSA) is 13.0 Å². The van der Waals surface area contributed by atoms with Crippen molar-refractivity contribution in [2.45, 2.75) is 13.3 Å². The molecule has 4 heteroatoms. The normalized spacial score (nSPS) is 14.4. The van der Waals surface area contributed by atoms with E-state index in [0.29, 0.717) is 0 Å². The molecule has 0 heterocycles. The molecule has 358 valence electrons. The predicted molar refractivity (Wildman–Crippen MR) is 315 cm³/mol. The van der Waals surface area contributed by atoms with Crippen LogP contribution in [-0.4, -0.2) is 7.05 Å². The van der Waals surface area contributed by atoms with Crippen LogP contribution in [0.3, 0.4) is 0 Å². The summed E-state index contributed by atoms with van der Waals surface area (Å²) in [4.78, 5) is 9.24. The highest BCUT2D eigenvalue weighted by atomic mass is 15.2. The number of allylic oxidation sites excluding steroid dienone is 7. The monoisotopic (exact) mass is 954 g/mol. The van der Waals surface area contributed by atoms with Crippen molar-refractivity contribution in [1.82, 2.24) is 0 Å². The molecule has 0 N–H and O–H groups in total. The second kappa shape index (κ2) is 21.5. The molecule has 0 saturated carbocycles. The summed E-state index contributed by atoms with van der Waals surface area (Å²) < 4.78 is 0. The Balaban J connectivity index is 0.000000168. The Morgan fingerprint density at radius 1 is 0.338 bits per heavy atom. The summed E-state index contributed by atoms with van der Waals surface area (Å²) >= 11 is 0. The van der Waals surface area contributed by atoms with Crippen LogP contribution in [-0.2, 0) is 0 Å². The van der Waals surface area contributed by atoms with E-state index in [-0.39, 0.29) is 5.41 Å². The highest BCUT2D eigenvalue weighted by Gasteiger charge is 2.34. The van der Waals surface area contributed by atoms with Crippen molar-refractivity contribution in [3.63, 3.8) is 0 Å². The molecule has 0 bridgehead atoms. The zero-order valence-corrected chi connectivity index (χ0v) is 41.9. The van der Waals surface area contributed by atoms with Crippen molar-refractivity contribution in [2.75, 3.05) is 26.6 Å². The van der Waals surface area contributed by atoms with Crippen LogP contribution in [0.4, 0.5) is 56.9 Å². The lowest BCUT2D eigenvalue weighted by Crippen LogP contribution is -2.28. The Morgan fingerprint density at radius 2 is 0.743 bits per heavy atom. The molecule has 0 amide bonds. The van der Waals surface area contributed by atoms with E-state index in [1.54, 1.807) is 0 Å². The SMILES string of the molecule is CC12C=CC=C(N(c3ccccc3)c3ccc(N(c4ccccc4)c4ccc(-c5ccccc5)cc4)cc3)C1=CC=CC2.CN(c1ccccc1)c1ccc(N(c2ccccc2)c2cccc3ccccc23)cc1. The average Bonchev–Trinajstić information content (AvgIpc) is 3.47. The van der Waals surface area contributed by atoms with E-state index in [2.05, 4.69) is 331 Å². The van der Waals surface area contributed by atoms with E-state index in [1.807, 2.05) is 6.07 Å². The molecule has 0 aromatic heterocycles. The van der Waals surface area contributed by atoms with Gasteiger partial charge in [0.1, 0.15) is 0 Å². The smallest absolute Gasteiger partial charge is 0.0540 e. The molecule has 4 nitrogen and oxygen atoms in total. The molecule has 0 saturated heterocycles. The highest BCUT2D eigenvalue weighted by Crippen LogP contribution is 2.47. The van der Waals surface area contributed by atoms with Gasteiger partial charge in [0.25, 0.3) is 0 Å². The van der Waals surface area contributed by atoms with Crippen molar-refractivity contribution in [3.05, 3.63) is 315 Å². The number of benzene rings is 10. The number of hydrogen-bond acceptors (Lipinski definition) is 4. The van der Waals surface area contributed by atoms with E-state index in [4.69, 9.17) is 0 Å². The molecular weight excluding hydrogens is 897 g/mol. The first kappa shape index (κ1) is 47.0. The average molecular weight is 955 g/mol. The molecule has 0 aliphatic heterocycles. The summed E-state index contributed by atoms with van der Waals surface area (Å²) in [6.07, 6.45) is 14.5. The molecule has 2 aliphatic carbocycles. The Morgan fingerprint density at radius 3 is 1.34 bits per heavy atom. The first-order valence-electron chi connectivity index (χ1n) is 25.5. The summed E-state index contributed by atoms with van der Waals surface area (Å²) in [5.74, 6) is 0. The zero-order chi connectivity index (χ0) is 50.1. The van der Waals surface area contributed by atoms with E-state index in [9.17, 15) is 0 Å². The summed E-state index contributed by atoms with van der Waals surface area (Å²) in [6, 6.07) is 94.4. The highest BCUT2D eigenvalue weighted by molar-refractivity contribution is 5.99. The maximum Gasteiger partial charge on any atom is 0.0540 e. The van der Waals surface area contributed by atoms with Crippen LogP contribution in [0.2, 0.25) is 0 Å². The quantitative estimate of drug-likeness (QED) is 0.121. The number of rotatable bonds is 12. The van der Waals surface area contributed by atoms with Crippen molar-refractivity contribution in [3.8, 4) is 11.1 Å². The Labute approximate surface area is 436 Å². The van der Waals surface area contributed by atoms with Crippen LogP contribution in [0.5, 0.6) is 0 Å². The van der Waals surface area contributed by atoms with Crippen LogP contribution >= 0.6 is 0 Å². The molecule has 10 aromatic carbocycles. The third kappa shape index (κ3) is 9.95. The molecular formula is C70H58N4. The summed E-state index contributed by atoms with van der Waals surface area (Å²) in [5, 5.41) is 2.47. The number of para-hydroxylation sites is 4. The van der Waals surface area contributed by atoms with Crippen LogP contribution in [0, 0.1) is 5.41 Å². The maximum absolute atomic E-state index is 2.39. The first-order valence-corrected chi connectivity index (χ1v) is 25.5. The van der Waals surface area contributed by atoms with Gasteiger partial charge in [0.15, 0.2) is 0 Å². The van der Waals surface area contributed by atoms with Crippen LogP contribution in [0.1, 0.15) is 13.3 Å². The van der Waals surface area contributed by atoms with Gasteiger partial charge in [0.2, 0.25) is 0 Å². The molecule has 0 fully saturated rings. The van der Waals surface area contributed by atoms with Crippen molar-refractivity contribution < 1.29 is 0 Å². The lowest BCUT2D eigenvalue weighted by atomic mass is 9.72. The van der Waals surface area contributed by atoms with Crippen molar-refractivity contribution in [1.29, 1.82) is 0 Å².